The first-order valence-electron chi connectivity index (χ1n) is 5.31. The maximum absolute atomic E-state index is 11.1. The lowest BCUT2D eigenvalue weighted by molar-refractivity contribution is 0.0257. The van der Waals surface area contributed by atoms with Crippen molar-refractivity contribution < 1.29 is 9.53 Å². The molecule has 0 radical (unpaired) electrons. The van der Waals surface area contributed by atoms with E-state index in [4.69, 9.17) is 16.2 Å². The van der Waals surface area contributed by atoms with Gasteiger partial charge in [0, 0.05) is 12.5 Å². The zero-order valence-electron chi connectivity index (χ0n) is 9.22. The fraction of sp³-hybridized carbons (Fsp3) is 0.600. The van der Waals surface area contributed by atoms with Gasteiger partial charge < -0.3 is 16.2 Å². The number of nitrogen functional groups attached to an aromatic ring is 1. The van der Waals surface area contributed by atoms with E-state index in [1.165, 1.54) is 6.20 Å². The molecule has 2 atom stereocenters. The van der Waals surface area contributed by atoms with Crippen molar-refractivity contribution in [2.75, 3.05) is 18.9 Å². The van der Waals surface area contributed by atoms with Gasteiger partial charge >= 0.3 is 0 Å². The van der Waals surface area contributed by atoms with E-state index in [-0.39, 0.29) is 6.04 Å². The number of carbonyl (C=O) groups excluding carboxylic acids is 1. The van der Waals surface area contributed by atoms with Crippen molar-refractivity contribution in [2.24, 2.45) is 11.7 Å². The molecule has 1 aromatic rings. The van der Waals surface area contributed by atoms with E-state index >= 15 is 0 Å². The Labute approximate surface area is 93.5 Å². The first-order valence-corrected chi connectivity index (χ1v) is 5.31. The zero-order chi connectivity index (χ0) is 11.7. The number of amides is 1. The number of primary amides is 1. The first-order chi connectivity index (χ1) is 7.61. The van der Waals surface area contributed by atoms with Crippen molar-refractivity contribution >= 4 is 11.7 Å². The van der Waals surface area contributed by atoms with Crippen LogP contribution in [0.1, 0.15) is 29.7 Å². The lowest BCUT2D eigenvalue weighted by atomic mass is 9.98. The molecule has 6 nitrogen and oxygen atoms in total. The number of ether oxygens (including phenoxy) is 1. The molecule has 6 heteroatoms. The molecule has 0 saturated carbocycles. The molecular formula is C10H16N4O2. The Kier molecular flexibility index (Phi) is 2.82. The van der Waals surface area contributed by atoms with Crippen molar-refractivity contribution in [2.45, 2.75) is 19.4 Å². The minimum absolute atomic E-state index is 0.182. The van der Waals surface area contributed by atoms with Crippen LogP contribution in [0.4, 0.5) is 5.82 Å². The standard InChI is InChI=1S/C10H16N4O2/c1-6-5-16-3-2-8(6)14-9(11)7(4-13-14)10(12)15/h4,6,8H,2-3,5,11H2,1H3,(H2,12,15). The van der Waals surface area contributed by atoms with Gasteiger partial charge in [0.15, 0.2) is 0 Å². The summed E-state index contributed by atoms with van der Waals surface area (Å²) in [6.07, 6.45) is 2.28. The number of hydrogen-bond donors (Lipinski definition) is 2. The van der Waals surface area contributed by atoms with E-state index in [0.717, 1.165) is 6.42 Å². The van der Waals surface area contributed by atoms with E-state index in [9.17, 15) is 4.79 Å². The van der Waals surface area contributed by atoms with Crippen LogP contribution in [0.5, 0.6) is 0 Å². The third-order valence-corrected chi connectivity index (χ3v) is 3.01. The molecule has 2 rings (SSSR count). The molecule has 2 heterocycles. The molecular weight excluding hydrogens is 208 g/mol. The molecule has 0 bridgehead atoms. The van der Waals surface area contributed by atoms with E-state index in [1.54, 1.807) is 4.68 Å². The highest BCUT2D eigenvalue weighted by Crippen LogP contribution is 2.29. The van der Waals surface area contributed by atoms with Crippen molar-refractivity contribution in [1.82, 2.24) is 9.78 Å². The van der Waals surface area contributed by atoms with E-state index in [0.29, 0.717) is 30.5 Å². The van der Waals surface area contributed by atoms with Gasteiger partial charge in [0.2, 0.25) is 0 Å². The maximum atomic E-state index is 11.1. The van der Waals surface area contributed by atoms with Crippen molar-refractivity contribution in [3.63, 3.8) is 0 Å². The third kappa shape index (κ3) is 1.76. The fourth-order valence-electron chi connectivity index (χ4n) is 2.06. The SMILES string of the molecule is CC1COCCC1n1ncc(C(N)=O)c1N. The number of anilines is 1. The van der Waals surface area contributed by atoms with Crippen LogP contribution in [-0.4, -0.2) is 28.9 Å². The topological polar surface area (TPSA) is 96.2 Å². The lowest BCUT2D eigenvalue weighted by Crippen LogP contribution is -2.29. The molecule has 4 N–H and O–H groups in total. The molecule has 1 saturated heterocycles. The summed E-state index contributed by atoms with van der Waals surface area (Å²) in [5, 5.41) is 4.15. The van der Waals surface area contributed by atoms with Crippen molar-refractivity contribution in [3.8, 4) is 0 Å². The Hall–Kier alpha value is -1.56. The number of rotatable bonds is 2. The number of nitrogens with zero attached hydrogens (tertiary/aromatic N) is 2. The highest BCUT2D eigenvalue weighted by Gasteiger charge is 2.27. The van der Waals surface area contributed by atoms with Crippen LogP contribution in [-0.2, 0) is 4.74 Å². The van der Waals surface area contributed by atoms with Crippen LogP contribution in [0.15, 0.2) is 6.20 Å². The molecule has 2 unspecified atom stereocenters. The highest BCUT2D eigenvalue weighted by molar-refractivity contribution is 5.96. The highest BCUT2D eigenvalue weighted by atomic mass is 16.5. The first kappa shape index (κ1) is 10.9. The molecule has 1 aliphatic heterocycles. The van der Waals surface area contributed by atoms with Crippen LogP contribution < -0.4 is 11.5 Å². The summed E-state index contributed by atoms with van der Waals surface area (Å²) in [7, 11) is 0. The van der Waals surface area contributed by atoms with E-state index in [1.807, 2.05) is 0 Å². The Bertz CT molecular complexity index is 402. The molecule has 0 spiro atoms. The summed E-state index contributed by atoms with van der Waals surface area (Å²) in [5.74, 6) is 0.145. The summed E-state index contributed by atoms with van der Waals surface area (Å²) in [6.45, 7) is 3.46. The molecule has 1 fully saturated rings. The fourth-order valence-corrected chi connectivity index (χ4v) is 2.06. The second-order valence-corrected chi connectivity index (χ2v) is 4.16. The number of aromatic nitrogens is 2. The predicted molar refractivity (Wildman–Crippen MR) is 58.8 cm³/mol. The minimum atomic E-state index is -0.538. The molecule has 16 heavy (non-hydrogen) atoms. The quantitative estimate of drug-likeness (QED) is 0.748. The summed E-state index contributed by atoms with van der Waals surface area (Å²) < 4.78 is 7.04. The number of nitrogens with two attached hydrogens (primary N) is 2. The second-order valence-electron chi connectivity index (χ2n) is 4.16. The summed E-state index contributed by atoms with van der Waals surface area (Å²) in [6, 6.07) is 0.182. The van der Waals surface area contributed by atoms with Crippen LogP contribution in [0.3, 0.4) is 0 Å². The van der Waals surface area contributed by atoms with Crippen LogP contribution in [0.25, 0.3) is 0 Å². The van der Waals surface area contributed by atoms with Gasteiger partial charge in [-0.05, 0) is 6.42 Å². The normalized spacial score (nSPS) is 25.6. The van der Waals surface area contributed by atoms with Crippen LogP contribution in [0.2, 0.25) is 0 Å². The van der Waals surface area contributed by atoms with Gasteiger partial charge in [-0.1, -0.05) is 6.92 Å². The average Bonchev–Trinajstić information content (AvgIpc) is 2.61. The van der Waals surface area contributed by atoms with Crippen LogP contribution >= 0.6 is 0 Å². The second kappa shape index (κ2) is 4.13. The Morgan fingerprint density at radius 3 is 3.00 bits per heavy atom. The monoisotopic (exact) mass is 224 g/mol. The van der Waals surface area contributed by atoms with E-state index in [2.05, 4.69) is 12.0 Å². The molecule has 1 aliphatic rings. The average molecular weight is 224 g/mol. The number of hydrogen-bond acceptors (Lipinski definition) is 4. The zero-order valence-corrected chi connectivity index (χ0v) is 9.22. The summed E-state index contributed by atoms with van der Waals surface area (Å²) in [4.78, 5) is 11.1. The Balaban J connectivity index is 2.29. The largest absolute Gasteiger partial charge is 0.383 e. The molecule has 0 aliphatic carbocycles. The number of carbonyl (C=O) groups is 1. The molecule has 1 amide bonds. The van der Waals surface area contributed by atoms with Gasteiger partial charge in [-0.15, -0.1) is 0 Å². The smallest absolute Gasteiger partial charge is 0.254 e. The van der Waals surface area contributed by atoms with Gasteiger partial charge in [-0.3, -0.25) is 4.79 Å². The summed E-state index contributed by atoms with van der Waals surface area (Å²) in [5.41, 5.74) is 11.3. The molecule has 0 aromatic carbocycles. The van der Waals surface area contributed by atoms with Gasteiger partial charge in [0.1, 0.15) is 11.4 Å². The molecule has 88 valence electrons. The summed E-state index contributed by atoms with van der Waals surface area (Å²) >= 11 is 0. The van der Waals surface area contributed by atoms with Gasteiger partial charge in [-0.25, -0.2) is 4.68 Å². The van der Waals surface area contributed by atoms with Gasteiger partial charge in [0.05, 0.1) is 18.8 Å². The lowest BCUT2D eigenvalue weighted by Gasteiger charge is -2.29. The van der Waals surface area contributed by atoms with Crippen molar-refractivity contribution in [3.05, 3.63) is 11.8 Å². The molecule has 1 aromatic heterocycles. The van der Waals surface area contributed by atoms with Crippen LogP contribution in [0, 0.1) is 5.92 Å². The maximum Gasteiger partial charge on any atom is 0.254 e. The third-order valence-electron chi connectivity index (χ3n) is 3.01. The Morgan fingerprint density at radius 2 is 2.44 bits per heavy atom. The Morgan fingerprint density at radius 1 is 1.69 bits per heavy atom. The minimum Gasteiger partial charge on any atom is -0.383 e. The van der Waals surface area contributed by atoms with Gasteiger partial charge in [-0.2, -0.15) is 5.10 Å². The van der Waals surface area contributed by atoms with E-state index < -0.39 is 5.91 Å². The predicted octanol–water partition coefficient (Wildman–Crippen LogP) is 0.162. The van der Waals surface area contributed by atoms with Crippen molar-refractivity contribution in [1.29, 1.82) is 0 Å². The van der Waals surface area contributed by atoms with Gasteiger partial charge in [0.25, 0.3) is 5.91 Å².